The molecule has 0 saturated carbocycles. The maximum atomic E-state index is 12.0. The van der Waals surface area contributed by atoms with Crippen LogP contribution in [0.5, 0.6) is 5.75 Å². The number of rotatable bonds is 7. The van der Waals surface area contributed by atoms with Gasteiger partial charge in [0, 0.05) is 5.69 Å². The summed E-state index contributed by atoms with van der Waals surface area (Å²) in [6.45, 7) is 4.81. The van der Waals surface area contributed by atoms with E-state index in [4.69, 9.17) is 4.74 Å². The molecule has 0 fully saturated rings. The van der Waals surface area contributed by atoms with Crippen LogP contribution < -0.4 is 15.4 Å². The highest BCUT2D eigenvalue weighted by atomic mass is 16.5. The first-order valence-corrected chi connectivity index (χ1v) is 7.50. The number of hydrogen-bond donors (Lipinski definition) is 2. The molecule has 0 saturated heterocycles. The summed E-state index contributed by atoms with van der Waals surface area (Å²) in [5, 5.41) is 6.07. The molecule has 4 heteroatoms. The van der Waals surface area contributed by atoms with Crippen molar-refractivity contribution in [2.75, 3.05) is 18.5 Å². The summed E-state index contributed by atoms with van der Waals surface area (Å²) in [6.07, 6.45) is 0. The summed E-state index contributed by atoms with van der Waals surface area (Å²) in [4.78, 5) is 12.0. The first kappa shape index (κ1) is 15.9. The Balaban J connectivity index is 1.80. The Bertz CT molecular complexity index is 582. The van der Waals surface area contributed by atoms with Crippen LogP contribution in [0.1, 0.15) is 25.5 Å². The van der Waals surface area contributed by atoms with Crippen molar-refractivity contribution < 1.29 is 9.53 Å². The van der Waals surface area contributed by atoms with Crippen molar-refractivity contribution in [3.05, 3.63) is 60.2 Å². The minimum atomic E-state index is -0.0368. The van der Waals surface area contributed by atoms with Crippen molar-refractivity contribution >= 4 is 11.6 Å². The third-order valence-corrected chi connectivity index (χ3v) is 3.30. The van der Waals surface area contributed by atoms with Gasteiger partial charge in [-0.3, -0.25) is 4.79 Å². The molecule has 0 spiro atoms. The third-order valence-electron chi connectivity index (χ3n) is 3.30. The Kier molecular flexibility index (Phi) is 5.83. The molecule has 0 aromatic heterocycles. The second kappa shape index (κ2) is 8.08. The Morgan fingerprint density at radius 3 is 2.41 bits per heavy atom. The highest BCUT2D eigenvalue weighted by Gasteiger charge is 2.08. The Morgan fingerprint density at radius 1 is 1.09 bits per heavy atom. The summed E-state index contributed by atoms with van der Waals surface area (Å²) in [7, 11) is 0. The van der Waals surface area contributed by atoms with E-state index in [-0.39, 0.29) is 18.5 Å². The van der Waals surface area contributed by atoms with E-state index in [2.05, 4.69) is 10.6 Å². The molecular formula is C18H22N2O2. The van der Waals surface area contributed by atoms with Crippen molar-refractivity contribution in [1.82, 2.24) is 5.32 Å². The topological polar surface area (TPSA) is 50.4 Å². The predicted molar refractivity (Wildman–Crippen MR) is 89.1 cm³/mol. The second-order valence-electron chi connectivity index (χ2n) is 5.01. The Labute approximate surface area is 131 Å². The molecule has 0 aliphatic heterocycles. The summed E-state index contributed by atoms with van der Waals surface area (Å²) in [6, 6.07) is 17.5. The van der Waals surface area contributed by atoms with Gasteiger partial charge in [0.2, 0.25) is 5.91 Å². The maximum Gasteiger partial charge on any atom is 0.239 e. The van der Waals surface area contributed by atoms with E-state index in [1.807, 2.05) is 68.4 Å². The summed E-state index contributed by atoms with van der Waals surface area (Å²) in [5.74, 6) is 0.792. The van der Waals surface area contributed by atoms with Crippen molar-refractivity contribution in [3.8, 4) is 5.75 Å². The molecule has 1 atom stereocenters. The van der Waals surface area contributed by atoms with E-state index in [9.17, 15) is 4.79 Å². The van der Waals surface area contributed by atoms with Gasteiger partial charge >= 0.3 is 0 Å². The first-order valence-electron chi connectivity index (χ1n) is 7.50. The molecule has 0 bridgehead atoms. The van der Waals surface area contributed by atoms with Gasteiger partial charge in [0.05, 0.1) is 19.2 Å². The smallest absolute Gasteiger partial charge is 0.239 e. The van der Waals surface area contributed by atoms with Gasteiger partial charge in [0.1, 0.15) is 5.75 Å². The van der Waals surface area contributed by atoms with Gasteiger partial charge in [0.25, 0.3) is 0 Å². The minimum Gasteiger partial charge on any atom is -0.494 e. The number of benzene rings is 2. The first-order chi connectivity index (χ1) is 10.7. The molecular weight excluding hydrogens is 276 g/mol. The number of carbonyl (C=O) groups is 1. The number of nitrogens with one attached hydrogen (secondary N) is 2. The monoisotopic (exact) mass is 298 g/mol. The zero-order valence-corrected chi connectivity index (χ0v) is 13.0. The molecule has 2 rings (SSSR count). The molecule has 0 aliphatic carbocycles. The van der Waals surface area contributed by atoms with E-state index in [1.54, 1.807) is 0 Å². The average Bonchev–Trinajstić information content (AvgIpc) is 2.55. The molecule has 2 N–H and O–H groups in total. The van der Waals surface area contributed by atoms with Gasteiger partial charge in [-0.1, -0.05) is 30.3 Å². The van der Waals surface area contributed by atoms with Crippen LogP contribution in [-0.4, -0.2) is 19.1 Å². The molecule has 0 radical (unpaired) electrons. The molecule has 1 unspecified atom stereocenters. The van der Waals surface area contributed by atoms with Crippen molar-refractivity contribution in [2.45, 2.75) is 19.9 Å². The predicted octanol–water partition coefficient (Wildman–Crippen LogP) is 3.37. The lowest BCUT2D eigenvalue weighted by Gasteiger charge is -2.15. The molecule has 0 heterocycles. The normalized spacial score (nSPS) is 11.5. The van der Waals surface area contributed by atoms with Gasteiger partial charge in [0.15, 0.2) is 0 Å². The number of amides is 1. The highest BCUT2D eigenvalue weighted by Crippen LogP contribution is 2.15. The minimum absolute atomic E-state index is 0.00386. The maximum absolute atomic E-state index is 12.0. The van der Waals surface area contributed by atoms with Crippen LogP contribution in [0.15, 0.2) is 54.6 Å². The van der Waals surface area contributed by atoms with Gasteiger partial charge in [-0.25, -0.2) is 0 Å². The molecule has 2 aromatic rings. The fourth-order valence-corrected chi connectivity index (χ4v) is 2.14. The summed E-state index contributed by atoms with van der Waals surface area (Å²) in [5.41, 5.74) is 1.99. The van der Waals surface area contributed by atoms with Crippen molar-refractivity contribution in [3.63, 3.8) is 0 Å². The standard InChI is InChI=1S/C18H22N2O2/c1-3-22-17-11-9-16(10-12-17)19-13-18(21)20-14(2)15-7-5-4-6-8-15/h4-12,14,19H,3,13H2,1-2H3,(H,20,21). The zero-order valence-electron chi connectivity index (χ0n) is 13.0. The Hall–Kier alpha value is -2.49. The van der Waals surface area contributed by atoms with Gasteiger partial charge in [-0.15, -0.1) is 0 Å². The van der Waals surface area contributed by atoms with E-state index in [0.29, 0.717) is 6.61 Å². The largest absolute Gasteiger partial charge is 0.494 e. The van der Waals surface area contributed by atoms with Crippen LogP contribution in [0.2, 0.25) is 0 Å². The van der Waals surface area contributed by atoms with Crippen LogP contribution in [0.25, 0.3) is 0 Å². The van der Waals surface area contributed by atoms with E-state index < -0.39 is 0 Å². The van der Waals surface area contributed by atoms with Crippen molar-refractivity contribution in [2.24, 2.45) is 0 Å². The highest BCUT2D eigenvalue weighted by molar-refractivity contribution is 5.81. The van der Waals surface area contributed by atoms with Crippen LogP contribution in [0.3, 0.4) is 0 Å². The Morgan fingerprint density at radius 2 is 1.77 bits per heavy atom. The number of anilines is 1. The van der Waals surface area contributed by atoms with Gasteiger partial charge in [-0.2, -0.15) is 0 Å². The quantitative estimate of drug-likeness (QED) is 0.824. The van der Waals surface area contributed by atoms with E-state index in [1.165, 1.54) is 0 Å². The molecule has 0 aliphatic rings. The van der Waals surface area contributed by atoms with E-state index in [0.717, 1.165) is 17.0 Å². The number of carbonyl (C=O) groups excluding carboxylic acids is 1. The molecule has 4 nitrogen and oxygen atoms in total. The zero-order chi connectivity index (χ0) is 15.8. The van der Waals surface area contributed by atoms with Gasteiger partial charge in [-0.05, 0) is 43.7 Å². The van der Waals surface area contributed by atoms with Crippen LogP contribution in [0, 0.1) is 0 Å². The lowest BCUT2D eigenvalue weighted by Crippen LogP contribution is -2.32. The fraction of sp³-hybridized carbons (Fsp3) is 0.278. The lowest BCUT2D eigenvalue weighted by molar-refractivity contribution is -0.120. The van der Waals surface area contributed by atoms with Crippen LogP contribution >= 0.6 is 0 Å². The molecule has 1 amide bonds. The number of hydrogen-bond acceptors (Lipinski definition) is 3. The van der Waals surface area contributed by atoms with Crippen LogP contribution in [0.4, 0.5) is 5.69 Å². The lowest BCUT2D eigenvalue weighted by atomic mass is 10.1. The summed E-state index contributed by atoms with van der Waals surface area (Å²) < 4.78 is 5.38. The third kappa shape index (κ3) is 4.81. The SMILES string of the molecule is CCOc1ccc(NCC(=O)NC(C)c2ccccc2)cc1. The van der Waals surface area contributed by atoms with Crippen molar-refractivity contribution in [1.29, 1.82) is 0 Å². The average molecular weight is 298 g/mol. The van der Waals surface area contributed by atoms with Gasteiger partial charge < -0.3 is 15.4 Å². The second-order valence-corrected chi connectivity index (χ2v) is 5.01. The molecule has 2 aromatic carbocycles. The fourth-order valence-electron chi connectivity index (χ4n) is 2.14. The molecule has 22 heavy (non-hydrogen) atoms. The van der Waals surface area contributed by atoms with Crippen LogP contribution in [-0.2, 0) is 4.79 Å². The number of ether oxygens (including phenoxy) is 1. The molecule has 116 valence electrons. The van der Waals surface area contributed by atoms with E-state index >= 15 is 0 Å². The summed E-state index contributed by atoms with van der Waals surface area (Å²) >= 11 is 0.